The van der Waals surface area contributed by atoms with Crippen molar-refractivity contribution in [1.29, 1.82) is 0 Å². The van der Waals surface area contributed by atoms with Gasteiger partial charge in [0.05, 0.1) is 10.4 Å². The lowest BCUT2D eigenvalue weighted by Crippen LogP contribution is -2.68. The van der Waals surface area contributed by atoms with E-state index in [4.69, 9.17) is 0 Å². The number of nitrogens with one attached hydrogen (secondary N) is 1. The van der Waals surface area contributed by atoms with Crippen molar-refractivity contribution >= 4 is 23.2 Å². The Morgan fingerprint density at radius 2 is 1.91 bits per heavy atom. The van der Waals surface area contributed by atoms with Crippen molar-refractivity contribution in [3.63, 3.8) is 0 Å². The Kier molecular flexibility index (Phi) is 3.04. The van der Waals surface area contributed by atoms with E-state index in [1.54, 1.807) is 0 Å². The van der Waals surface area contributed by atoms with E-state index < -0.39 is 0 Å². The van der Waals surface area contributed by atoms with Gasteiger partial charge in [0.25, 0.3) is 5.91 Å². The van der Waals surface area contributed by atoms with Crippen LogP contribution >= 0.6 is 11.3 Å². The SMILES string of the molecule is O=C1CCC2(CN(C(=O)c3ccc(-c4ccccc4)s3)C2)N1. The van der Waals surface area contributed by atoms with Crippen LogP contribution in [0.4, 0.5) is 0 Å². The van der Waals surface area contributed by atoms with E-state index in [0.29, 0.717) is 19.5 Å². The van der Waals surface area contributed by atoms with Gasteiger partial charge in [-0.1, -0.05) is 30.3 Å². The van der Waals surface area contributed by atoms with Gasteiger partial charge in [0.15, 0.2) is 0 Å². The van der Waals surface area contributed by atoms with E-state index in [-0.39, 0.29) is 17.4 Å². The Hall–Kier alpha value is -2.14. The largest absolute Gasteiger partial charge is 0.347 e. The number of amides is 2. The quantitative estimate of drug-likeness (QED) is 0.926. The Morgan fingerprint density at radius 3 is 2.59 bits per heavy atom. The van der Waals surface area contributed by atoms with Crippen LogP contribution in [0, 0.1) is 0 Å². The fourth-order valence-electron chi connectivity index (χ4n) is 3.20. The highest BCUT2D eigenvalue weighted by Gasteiger charge is 2.49. The molecule has 2 amide bonds. The number of carbonyl (C=O) groups is 2. The van der Waals surface area contributed by atoms with Gasteiger partial charge in [0, 0.05) is 24.4 Å². The lowest BCUT2D eigenvalue weighted by atomic mass is 9.88. The minimum Gasteiger partial charge on any atom is -0.347 e. The summed E-state index contributed by atoms with van der Waals surface area (Å²) in [4.78, 5) is 27.6. The van der Waals surface area contributed by atoms with E-state index >= 15 is 0 Å². The van der Waals surface area contributed by atoms with Crippen LogP contribution < -0.4 is 5.32 Å². The van der Waals surface area contributed by atoms with Crippen molar-refractivity contribution < 1.29 is 9.59 Å². The standard InChI is InChI=1S/C17H16N2O2S/c20-15-8-9-17(18-15)10-19(11-17)16(21)14-7-6-13(22-14)12-4-2-1-3-5-12/h1-7H,8-11H2,(H,18,20). The molecule has 1 spiro atoms. The third-order valence-corrected chi connectivity index (χ3v) is 5.51. The molecule has 1 N–H and O–H groups in total. The number of thiophene rings is 1. The first-order valence-electron chi connectivity index (χ1n) is 7.41. The van der Waals surface area contributed by atoms with Crippen molar-refractivity contribution in [2.75, 3.05) is 13.1 Å². The second kappa shape index (κ2) is 4.95. The molecule has 1 aromatic carbocycles. The molecule has 1 aromatic heterocycles. The maximum Gasteiger partial charge on any atom is 0.264 e. The van der Waals surface area contributed by atoms with Crippen LogP contribution in [-0.2, 0) is 4.79 Å². The maximum atomic E-state index is 12.5. The zero-order valence-electron chi connectivity index (χ0n) is 12.0. The predicted octanol–water partition coefficient (Wildman–Crippen LogP) is 2.52. The Labute approximate surface area is 132 Å². The van der Waals surface area contributed by atoms with Crippen LogP contribution in [0.15, 0.2) is 42.5 Å². The summed E-state index contributed by atoms with van der Waals surface area (Å²) in [7, 11) is 0. The van der Waals surface area contributed by atoms with Gasteiger partial charge in [-0.15, -0.1) is 11.3 Å². The summed E-state index contributed by atoms with van der Waals surface area (Å²) in [6.45, 7) is 1.27. The fraction of sp³-hybridized carbons (Fsp3) is 0.294. The average Bonchev–Trinajstić information content (AvgIpc) is 3.13. The number of hydrogen-bond donors (Lipinski definition) is 1. The van der Waals surface area contributed by atoms with Crippen LogP contribution in [0.2, 0.25) is 0 Å². The Balaban J connectivity index is 1.46. The third-order valence-electron chi connectivity index (χ3n) is 4.38. The van der Waals surface area contributed by atoms with Crippen LogP contribution in [0.25, 0.3) is 10.4 Å². The van der Waals surface area contributed by atoms with Gasteiger partial charge < -0.3 is 10.2 Å². The molecule has 3 heterocycles. The molecule has 4 rings (SSSR count). The van der Waals surface area contributed by atoms with Gasteiger partial charge in [0.2, 0.25) is 5.91 Å². The average molecular weight is 312 g/mol. The van der Waals surface area contributed by atoms with Gasteiger partial charge >= 0.3 is 0 Å². The smallest absolute Gasteiger partial charge is 0.264 e. The van der Waals surface area contributed by atoms with Crippen LogP contribution in [0.3, 0.4) is 0 Å². The first-order chi connectivity index (χ1) is 10.7. The topological polar surface area (TPSA) is 49.4 Å². The van der Waals surface area contributed by atoms with Gasteiger partial charge in [-0.05, 0) is 24.1 Å². The summed E-state index contributed by atoms with van der Waals surface area (Å²) in [5.74, 6) is 0.175. The fourth-order valence-corrected chi connectivity index (χ4v) is 4.18. The molecule has 0 radical (unpaired) electrons. The summed E-state index contributed by atoms with van der Waals surface area (Å²) in [6.07, 6.45) is 1.43. The molecule has 0 saturated carbocycles. The van der Waals surface area contributed by atoms with Gasteiger partial charge in [0.1, 0.15) is 0 Å². The monoisotopic (exact) mass is 312 g/mol. The number of nitrogens with zero attached hydrogens (tertiary/aromatic N) is 1. The highest BCUT2D eigenvalue weighted by Crippen LogP contribution is 2.34. The molecule has 0 atom stereocenters. The van der Waals surface area contributed by atoms with E-state index in [2.05, 4.69) is 5.32 Å². The van der Waals surface area contributed by atoms with Crippen LogP contribution in [-0.4, -0.2) is 35.3 Å². The molecule has 0 bridgehead atoms. The minimum absolute atomic E-state index is 0.0685. The second-order valence-electron chi connectivity index (χ2n) is 6.02. The van der Waals surface area contributed by atoms with E-state index in [1.807, 2.05) is 47.4 Å². The highest BCUT2D eigenvalue weighted by atomic mass is 32.1. The molecule has 2 saturated heterocycles. The van der Waals surface area contributed by atoms with E-state index in [1.165, 1.54) is 11.3 Å². The highest BCUT2D eigenvalue weighted by molar-refractivity contribution is 7.17. The Morgan fingerprint density at radius 1 is 1.14 bits per heavy atom. The molecule has 0 aliphatic carbocycles. The molecule has 0 unspecified atom stereocenters. The number of benzene rings is 1. The zero-order valence-corrected chi connectivity index (χ0v) is 12.9. The maximum absolute atomic E-state index is 12.5. The molecule has 112 valence electrons. The molecule has 2 aromatic rings. The first-order valence-corrected chi connectivity index (χ1v) is 8.22. The summed E-state index contributed by atoms with van der Waals surface area (Å²) in [5, 5.41) is 3.00. The molecule has 4 nitrogen and oxygen atoms in total. The van der Waals surface area contributed by atoms with Gasteiger partial charge in [-0.3, -0.25) is 9.59 Å². The number of carbonyl (C=O) groups excluding carboxylic acids is 2. The van der Waals surface area contributed by atoms with Crippen molar-refractivity contribution in [3.05, 3.63) is 47.3 Å². The summed E-state index contributed by atoms with van der Waals surface area (Å²) in [5.41, 5.74) is 0.987. The zero-order chi connectivity index (χ0) is 15.2. The molecule has 2 aliphatic heterocycles. The number of rotatable bonds is 2. The van der Waals surface area contributed by atoms with Crippen LogP contribution in [0.1, 0.15) is 22.5 Å². The molecule has 2 aliphatic rings. The summed E-state index contributed by atoms with van der Waals surface area (Å²) in [6, 6.07) is 14.0. The minimum atomic E-state index is -0.147. The van der Waals surface area contributed by atoms with E-state index in [9.17, 15) is 9.59 Å². The molecule has 22 heavy (non-hydrogen) atoms. The number of likely N-dealkylation sites (tertiary alicyclic amines) is 1. The lowest BCUT2D eigenvalue weighted by molar-refractivity contribution is -0.120. The lowest BCUT2D eigenvalue weighted by Gasteiger charge is -2.47. The first kappa shape index (κ1) is 13.5. The molecular weight excluding hydrogens is 296 g/mol. The third kappa shape index (κ3) is 2.22. The van der Waals surface area contributed by atoms with E-state index in [0.717, 1.165) is 21.7 Å². The molecular formula is C17H16N2O2S. The van der Waals surface area contributed by atoms with Crippen LogP contribution in [0.5, 0.6) is 0 Å². The summed E-state index contributed by atoms with van der Waals surface area (Å²) >= 11 is 1.52. The normalized spacial score (nSPS) is 19.1. The van der Waals surface area contributed by atoms with Crippen molar-refractivity contribution in [2.24, 2.45) is 0 Å². The van der Waals surface area contributed by atoms with Crippen molar-refractivity contribution in [1.82, 2.24) is 10.2 Å². The van der Waals surface area contributed by atoms with Crippen molar-refractivity contribution in [3.8, 4) is 10.4 Å². The van der Waals surface area contributed by atoms with Crippen molar-refractivity contribution in [2.45, 2.75) is 18.4 Å². The summed E-state index contributed by atoms with van der Waals surface area (Å²) < 4.78 is 0. The molecule has 2 fully saturated rings. The predicted molar refractivity (Wildman–Crippen MR) is 85.8 cm³/mol. The van der Waals surface area contributed by atoms with Gasteiger partial charge in [-0.25, -0.2) is 0 Å². The molecule has 5 heteroatoms. The number of hydrogen-bond acceptors (Lipinski definition) is 3. The van der Waals surface area contributed by atoms with Gasteiger partial charge in [-0.2, -0.15) is 0 Å². The second-order valence-corrected chi connectivity index (χ2v) is 7.10. The Bertz CT molecular complexity index is 732.